The Morgan fingerprint density at radius 1 is 1.13 bits per heavy atom. The first-order valence-electron chi connectivity index (χ1n) is 16.3. The Kier molecular flexibility index (Phi) is 19.0. The summed E-state index contributed by atoms with van der Waals surface area (Å²) in [6, 6.07) is 0. The summed E-state index contributed by atoms with van der Waals surface area (Å²) in [7, 11) is -4.77. The van der Waals surface area contributed by atoms with E-state index in [1.54, 1.807) is 0 Å². The van der Waals surface area contributed by atoms with E-state index < -0.39 is 51.0 Å². The second-order valence-electron chi connectivity index (χ2n) is 11.8. The summed E-state index contributed by atoms with van der Waals surface area (Å²) in [5, 5.41) is 12.6. The van der Waals surface area contributed by atoms with Crippen molar-refractivity contribution in [2.75, 3.05) is 31.2 Å². The van der Waals surface area contributed by atoms with Crippen LogP contribution in [0.5, 0.6) is 0 Å². The summed E-state index contributed by atoms with van der Waals surface area (Å²) >= 11 is 0. The van der Waals surface area contributed by atoms with Gasteiger partial charge in [0.25, 0.3) is 0 Å². The average molecular weight is 710 g/mol. The first-order chi connectivity index (χ1) is 22.0. The van der Waals surface area contributed by atoms with Crippen molar-refractivity contribution in [2.24, 2.45) is 0 Å². The van der Waals surface area contributed by atoms with Crippen LogP contribution in [-0.4, -0.2) is 68.2 Å². The van der Waals surface area contributed by atoms with Crippen molar-refractivity contribution >= 4 is 36.6 Å². The molecule has 3 rings (SSSR count). The molecular weight excluding hydrogens is 659 g/mol. The number of ether oxygens (including phenoxy) is 2. The fourth-order valence-electron chi connectivity index (χ4n) is 5.27. The van der Waals surface area contributed by atoms with Crippen LogP contribution in [0.4, 0.5) is 16.2 Å². The van der Waals surface area contributed by atoms with Crippen LogP contribution in [0.25, 0.3) is 11.2 Å². The molecule has 0 saturated carbocycles. The first kappa shape index (κ1) is 42.1. The number of halogens is 1. The molecule has 0 radical (unpaired) electrons. The number of aliphatic hydroxyl groups excluding tert-OH is 1. The van der Waals surface area contributed by atoms with E-state index in [0.29, 0.717) is 6.42 Å². The van der Waals surface area contributed by atoms with Gasteiger partial charge in [-0.25, -0.2) is 14.5 Å². The number of nitrogens with zero attached hydrogens (tertiary/aromatic N) is 4. The van der Waals surface area contributed by atoms with Gasteiger partial charge < -0.3 is 35.5 Å². The fourth-order valence-corrected chi connectivity index (χ4v) is 6.02. The monoisotopic (exact) mass is 709 g/mol. The van der Waals surface area contributed by atoms with Gasteiger partial charge in [-0.15, -0.1) is 0 Å². The van der Waals surface area contributed by atoms with E-state index in [4.69, 9.17) is 25.5 Å². The number of nitrogens with two attached hydrogens (primary N) is 2. The number of hydrogen-bond acceptors (Lipinski definition) is 12. The molecular formula is C30H50FKN7O7P. The molecule has 260 valence electrons. The van der Waals surface area contributed by atoms with Gasteiger partial charge in [-0.05, 0) is 39.0 Å². The van der Waals surface area contributed by atoms with Crippen LogP contribution in [0, 0.1) is 0 Å². The predicted molar refractivity (Wildman–Crippen MR) is 171 cm³/mol. The van der Waals surface area contributed by atoms with Crippen molar-refractivity contribution in [1.29, 1.82) is 0 Å². The summed E-state index contributed by atoms with van der Waals surface area (Å²) in [6.45, 7) is 2.15. The quantitative estimate of drug-likeness (QED) is 0.0446. The molecule has 1 aliphatic rings. The second kappa shape index (κ2) is 21.2. The number of anilines is 2. The number of esters is 1. The fraction of sp³-hybridized carbons (Fsp3) is 0.733. The van der Waals surface area contributed by atoms with Gasteiger partial charge in [0.2, 0.25) is 13.7 Å². The number of carbonyl (C=O) groups excluding carboxylic acids is 1. The minimum Gasteiger partial charge on any atom is -0.766 e. The molecule has 1 fully saturated rings. The average Bonchev–Trinajstić information content (AvgIpc) is 3.52. The number of alkyl halides is 1. The van der Waals surface area contributed by atoms with Gasteiger partial charge in [0, 0.05) is 0 Å². The van der Waals surface area contributed by atoms with E-state index in [-0.39, 0.29) is 80.9 Å². The molecule has 3 heterocycles. The summed E-state index contributed by atoms with van der Waals surface area (Å²) in [6.07, 6.45) is 16.1. The van der Waals surface area contributed by atoms with E-state index in [0.717, 1.165) is 45.4 Å². The molecule has 0 spiro atoms. The van der Waals surface area contributed by atoms with Crippen LogP contribution in [0.3, 0.4) is 0 Å². The van der Waals surface area contributed by atoms with Crippen LogP contribution >= 0.6 is 7.75 Å². The molecule has 0 aliphatic carbocycles. The van der Waals surface area contributed by atoms with Gasteiger partial charge in [-0.2, -0.15) is 9.97 Å². The van der Waals surface area contributed by atoms with Crippen molar-refractivity contribution in [1.82, 2.24) is 24.6 Å². The van der Waals surface area contributed by atoms with Gasteiger partial charge >= 0.3 is 57.4 Å². The van der Waals surface area contributed by atoms with E-state index >= 15 is 4.39 Å². The number of rotatable bonds is 22. The van der Waals surface area contributed by atoms with Gasteiger partial charge in [-0.1, -0.05) is 70.4 Å². The Morgan fingerprint density at radius 2 is 1.74 bits per heavy atom. The van der Waals surface area contributed by atoms with Gasteiger partial charge in [0.15, 0.2) is 23.4 Å². The van der Waals surface area contributed by atoms with Crippen molar-refractivity contribution in [3.63, 3.8) is 0 Å². The summed E-state index contributed by atoms with van der Waals surface area (Å²) in [5.74, 6) is -0.948. The van der Waals surface area contributed by atoms with Crippen LogP contribution < -0.4 is 72.8 Å². The van der Waals surface area contributed by atoms with Crippen molar-refractivity contribution in [3.05, 3.63) is 18.5 Å². The Balaban J connectivity index is 0.00000768. The number of imidazole rings is 1. The molecule has 14 nitrogen and oxygen atoms in total. The maximum absolute atomic E-state index is 15.6. The van der Waals surface area contributed by atoms with E-state index in [2.05, 4.69) is 34.0 Å². The predicted octanol–water partition coefficient (Wildman–Crippen LogP) is 1.25. The molecule has 5 atom stereocenters. The number of nitrogens with one attached hydrogen (secondary N) is 1. The number of fused-ring (bicyclic) bond motifs is 1. The molecule has 2 aromatic heterocycles. The number of unbranched alkanes of at least 4 members (excludes halogenated alkanes) is 11. The van der Waals surface area contributed by atoms with E-state index in [1.165, 1.54) is 49.4 Å². The molecule has 17 heteroatoms. The molecule has 0 aromatic carbocycles. The zero-order valence-corrected chi connectivity index (χ0v) is 32.0. The molecule has 2 aromatic rings. The SMILES string of the molecule is CCCCCCCC/C=C\CCCCCCCOC(=O)CNP(=O)([O-])OC[C@H]1O[C@@H](n2cnc3c(N)nc(N)nc32)[C@@](C)(F)[C@H]1O.[K+]. The first-order valence-corrected chi connectivity index (χ1v) is 17.8. The van der Waals surface area contributed by atoms with Crippen molar-refractivity contribution in [2.45, 2.75) is 121 Å². The zero-order chi connectivity index (χ0) is 33.6. The molecule has 1 aliphatic heterocycles. The maximum Gasteiger partial charge on any atom is 1.00 e. The Bertz CT molecular complexity index is 1320. The smallest absolute Gasteiger partial charge is 0.766 e. The number of aliphatic hydroxyl groups is 1. The molecule has 1 saturated heterocycles. The third kappa shape index (κ3) is 13.7. The van der Waals surface area contributed by atoms with Crippen molar-refractivity contribution < 1.29 is 89.1 Å². The number of allylic oxidation sites excluding steroid dienone is 2. The molecule has 47 heavy (non-hydrogen) atoms. The Morgan fingerprint density at radius 3 is 2.40 bits per heavy atom. The summed E-state index contributed by atoms with van der Waals surface area (Å²) in [5.41, 5.74) is 9.28. The normalized spacial score (nSPS) is 22.4. The standard InChI is InChI=1S/C30H51FN7O7P.K/c1-3-4-5-6-7-8-9-10-11-12-13-14-15-16-17-18-43-23(39)19-35-46(41,42)44-20-22-25(40)30(2,31)28(45-22)38-21-34-24-26(32)36-29(33)37-27(24)38;/h10-11,21-22,25,28,40H,3-9,12-20H2,1-2H3,(H2,35,41,42)(H4,32,33,36,37);/q;+1/p-1/b11-10-;/t22-,25+,28-,30+;/m1./s1. The molecule has 0 amide bonds. The number of hydrogen-bond donors (Lipinski definition) is 4. The topological polar surface area (TPSA) is 213 Å². The minimum absolute atomic E-state index is 0. The van der Waals surface area contributed by atoms with E-state index in [9.17, 15) is 19.4 Å². The molecule has 1 unspecified atom stereocenters. The Labute approximate surface area is 319 Å². The third-order valence-electron chi connectivity index (χ3n) is 7.93. The number of nitrogen functional groups attached to an aromatic ring is 2. The van der Waals surface area contributed by atoms with Crippen LogP contribution in [0.2, 0.25) is 0 Å². The third-order valence-corrected chi connectivity index (χ3v) is 8.96. The van der Waals surface area contributed by atoms with Crippen LogP contribution in [0.1, 0.15) is 104 Å². The number of aromatic nitrogens is 4. The number of carbonyl (C=O) groups is 1. The van der Waals surface area contributed by atoms with Crippen molar-refractivity contribution in [3.8, 4) is 0 Å². The molecule has 0 bridgehead atoms. The Hall–Kier alpha value is -1.04. The summed E-state index contributed by atoms with van der Waals surface area (Å²) in [4.78, 5) is 36.2. The summed E-state index contributed by atoms with van der Waals surface area (Å²) < 4.78 is 44.8. The maximum atomic E-state index is 15.6. The van der Waals surface area contributed by atoms with Crippen LogP contribution in [-0.2, 0) is 23.4 Å². The zero-order valence-electron chi connectivity index (χ0n) is 27.9. The second-order valence-corrected chi connectivity index (χ2v) is 13.4. The van der Waals surface area contributed by atoms with Gasteiger partial charge in [0.1, 0.15) is 24.3 Å². The van der Waals surface area contributed by atoms with Gasteiger partial charge in [-0.3, -0.25) is 13.9 Å². The minimum atomic E-state index is -4.77. The van der Waals surface area contributed by atoms with Crippen LogP contribution in [0.15, 0.2) is 18.5 Å². The molecule has 6 N–H and O–H groups in total. The largest absolute Gasteiger partial charge is 1.00 e. The van der Waals surface area contributed by atoms with Gasteiger partial charge in [0.05, 0.1) is 19.5 Å². The van der Waals surface area contributed by atoms with E-state index in [1.807, 2.05) is 5.09 Å².